The molecule has 134 valence electrons. The van der Waals surface area contributed by atoms with Crippen LogP contribution in [-0.2, 0) is 4.79 Å². The van der Waals surface area contributed by atoms with Crippen molar-refractivity contribution in [2.75, 3.05) is 6.61 Å². The van der Waals surface area contributed by atoms with Gasteiger partial charge in [0.05, 0.1) is 15.6 Å². The van der Waals surface area contributed by atoms with E-state index in [2.05, 4.69) is 26.5 Å². The number of benzene rings is 2. The second kappa shape index (κ2) is 9.47. The molecular formula is C18H16BrN3O4. The molecule has 1 N–H and O–H groups in total. The number of nitro groups is 1. The van der Waals surface area contributed by atoms with E-state index in [-0.39, 0.29) is 12.3 Å². The number of ether oxygens (including phenoxy) is 1. The molecule has 1 amide bonds. The third kappa shape index (κ3) is 6.14. The average molecular weight is 418 g/mol. The zero-order valence-electron chi connectivity index (χ0n) is 13.9. The number of rotatable bonds is 7. The summed E-state index contributed by atoms with van der Waals surface area (Å²) in [4.78, 5) is 21.9. The molecule has 0 saturated heterocycles. The minimum absolute atomic E-state index is 0.0704. The maximum Gasteiger partial charge on any atom is 0.277 e. The summed E-state index contributed by atoms with van der Waals surface area (Å²) in [6.07, 6.45) is 3.47. The van der Waals surface area contributed by atoms with E-state index in [0.717, 1.165) is 11.1 Å². The molecule has 7 nitrogen and oxygen atoms in total. The van der Waals surface area contributed by atoms with Crippen LogP contribution in [0.1, 0.15) is 12.5 Å². The molecule has 8 heteroatoms. The Balaban J connectivity index is 1.84. The van der Waals surface area contributed by atoms with Gasteiger partial charge < -0.3 is 4.74 Å². The largest absolute Gasteiger partial charge is 0.483 e. The molecule has 2 rings (SSSR count). The monoisotopic (exact) mass is 417 g/mol. The summed E-state index contributed by atoms with van der Waals surface area (Å²) < 4.78 is 5.71. The summed E-state index contributed by atoms with van der Waals surface area (Å²) in [7, 11) is 0. The van der Waals surface area contributed by atoms with E-state index in [1.807, 2.05) is 43.3 Å². The maximum atomic E-state index is 11.7. The lowest BCUT2D eigenvalue weighted by atomic mass is 10.1. The minimum atomic E-state index is -0.513. The highest BCUT2D eigenvalue weighted by atomic mass is 79.9. The summed E-state index contributed by atoms with van der Waals surface area (Å²) in [5.41, 5.74) is 4.20. The molecule has 26 heavy (non-hydrogen) atoms. The van der Waals surface area contributed by atoms with Crippen LogP contribution in [0.15, 0.2) is 63.7 Å². The fourth-order valence-electron chi connectivity index (χ4n) is 1.95. The first kappa shape index (κ1) is 19.3. The number of nitro benzene ring substituents is 1. The van der Waals surface area contributed by atoms with Crippen LogP contribution >= 0.6 is 15.9 Å². The number of nitrogens with one attached hydrogen (secondary N) is 1. The number of amides is 1. The van der Waals surface area contributed by atoms with Gasteiger partial charge in [0.2, 0.25) is 0 Å². The normalized spacial score (nSPS) is 11.4. The topological polar surface area (TPSA) is 93.8 Å². The van der Waals surface area contributed by atoms with Gasteiger partial charge in [-0.3, -0.25) is 14.9 Å². The van der Waals surface area contributed by atoms with Gasteiger partial charge in [-0.15, -0.1) is 0 Å². The smallest absolute Gasteiger partial charge is 0.277 e. The number of hydrogen-bond acceptors (Lipinski definition) is 5. The molecule has 0 unspecified atom stereocenters. The van der Waals surface area contributed by atoms with Gasteiger partial charge in [0.1, 0.15) is 5.75 Å². The first-order valence-electron chi connectivity index (χ1n) is 7.57. The highest BCUT2D eigenvalue weighted by Gasteiger charge is 2.11. The van der Waals surface area contributed by atoms with Crippen LogP contribution in [0.5, 0.6) is 5.75 Å². The lowest BCUT2D eigenvalue weighted by Crippen LogP contribution is -2.24. The van der Waals surface area contributed by atoms with Gasteiger partial charge in [0.25, 0.3) is 11.6 Å². The summed E-state index contributed by atoms with van der Waals surface area (Å²) >= 11 is 3.17. The average Bonchev–Trinajstić information content (AvgIpc) is 2.61. The number of carbonyl (C=O) groups excluding carboxylic acids is 1. The number of carbonyl (C=O) groups is 1. The van der Waals surface area contributed by atoms with Gasteiger partial charge in [-0.05, 0) is 40.1 Å². The summed E-state index contributed by atoms with van der Waals surface area (Å²) in [6, 6.07) is 13.8. The predicted molar refractivity (Wildman–Crippen MR) is 103 cm³/mol. The van der Waals surface area contributed by atoms with Crippen molar-refractivity contribution in [3.05, 3.63) is 74.3 Å². The second-order valence-electron chi connectivity index (χ2n) is 5.25. The van der Waals surface area contributed by atoms with Crippen molar-refractivity contribution in [2.24, 2.45) is 5.10 Å². The lowest BCUT2D eigenvalue weighted by molar-refractivity contribution is -0.384. The van der Waals surface area contributed by atoms with Crippen LogP contribution in [0.4, 0.5) is 5.69 Å². The molecule has 0 fully saturated rings. The van der Waals surface area contributed by atoms with Gasteiger partial charge in [-0.2, -0.15) is 5.10 Å². The quantitative estimate of drug-likeness (QED) is 0.419. The first-order valence-corrected chi connectivity index (χ1v) is 8.37. The Labute approximate surface area is 158 Å². The van der Waals surface area contributed by atoms with Crippen LogP contribution in [-0.4, -0.2) is 23.7 Å². The lowest BCUT2D eigenvalue weighted by Gasteiger charge is -2.06. The minimum Gasteiger partial charge on any atom is -0.483 e. The Kier molecular flexibility index (Phi) is 7.04. The number of nitrogens with zero attached hydrogens (tertiary/aromatic N) is 2. The standard InChI is InChI=1S/C18H16BrN3O4/c1-13(9-14-5-3-2-4-6-14)11-20-21-18(23)12-26-17-8-7-15(22(24)25)10-16(17)19/h2-11H,12H2,1H3,(H,21,23). The van der Waals surface area contributed by atoms with Crippen LogP contribution in [0.3, 0.4) is 0 Å². The van der Waals surface area contributed by atoms with Crippen LogP contribution < -0.4 is 10.2 Å². The molecule has 0 bridgehead atoms. The Bertz CT molecular complexity index is 851. The molecule has 2 aromatic carbocycles. The van der Waals surface area contributed by atoms with E-state index < -0.39 is 10.8 Å². The molecular weight excluding hydrogens is 402 g/mol. The molecule has 0 saturated carbocycles. The number of hydrazone groups is 1. The third-order valence-corrected chi connectivity index (χ3v) is 3.76. The highest BCUT2D eigenvalue weighted by Crippen LogP contribution is 2.28. The Hall–Kier alpha value is -3.00. The zero-order valence-corrected chi connectivity index (χ0v) is 15.5. The Morgan fingerprint density at radius 3 is 2.69 bits per heavy atom. The SMILES string of the molecule is CC(C=NNC(=O)COc1ccc([N+](=O)[O-])cc1Br)=Cc1ccccc1. The number of allylic oxidation sites excluding steroid dienone is 1. The van der Waals surface area contributed by atoms with Gasteiger partial charge in [-0.25, -0.2) is 5.43 Å². The fraction of sp³-hybridized carbons (Fsp3) is 0.111. The van der Waals surface area contributed by atoms with Crippen LogP contribution in [0, 0.1) is 10.1 Å². The van der Waals surface area contributed by atoms with Gasteiger partial charge in [0.15, 0.2) is 6.61 Å². The van der Waals surface area contributed by atoms with E-state index in [9.17, 15) is 14.9 Å². The van der Waals surface area contributed by atoms with Crippen LogP contribution in [0.25, 0.3) is 6.08 Å². The summed E-state index contributed by atoms with van der Waals surface area (Å²) in [5.74, 6) is -0.117. The molecule has 0 aliphatic rings. The van der Waals surface area contributed by atoms with E-state index in [1.165, 1.54) is 24.4 Å². The van der Waals surface area contributed by atoms with Crippen molar-refractivity contribution >= 4 is 39.8 Å². The Morgan fingerprint density at radius 2 is 2.04 bits per heavy atom. The van der Waals surface area contributed by atoms with E-state index in [4.69, 9.17) is 4.74 Å². The highest BCUT2D eigenvalue weighted by molar-refractivity contribution is 9.10. The third-order valence-electron chi connectivity index (χ3n) is 3.14. The summed E-state index contributed by atoms with van der Waals surface area (Å²) in [5, 5.41) is 14.5. The van der Waals surface area contributed by atoms with E-state index in [0.29, 0.717) is 10.2 Å². The van der Waals surface area contributed by atoms with E-state index >= 15 is 0 Å². The number of halogens is 1. The van der Waals surface area contributed by atoms with Gasteiger partial charge >= 0.3 is 0 Å². The second-order valence-corrected chi connectivity index (χ2v) is 6.11. The molecule has 2 aromatic rings. The van der Waals surface area contributed by atoms with Crippen molar-refractivity contribution in [1.29, 1.82) is 0 Å². The molecule has 0 aromatic heterocycles. The predicted octanol–water partition coefficient (Wildman–Crippen LogP) is 3.94. The van der Waals surface area contributed by atoms with E-state index in [1.54, 1.807) is 0 Å². The van der Waals surface area contributed by atoms with Crippen LogP contribution in [0.2, 0.25) is 0 Å². The fourth-order valence-corrected chi connectivity index (χ4v) is 2.43. The van der Waals surface area contributed by atoms with Crippen molar-refractivity contribution < 1.29 is 14.5 Å². The van der Waals surface area contributed by atoms with Crippen molar-refractivity contribution in [3.63, 3.8) is 0 Å². The number of non-ortho nitro benzene ring substituents is 1. The first-order chi connectivity index (χ1) is 12.5. The van der Waals surface area contributed by atoms with Crippen molar-refractivity contribution in [3.8, 4) is 5.75 Å². The van der Waals surface area contributed by atoms with Gasteiger partial charge in [0, 0.05) is 12.1 Å². The maximum absolute atomic E-state index is 11.7. The molecule has 0 atom stereocenters. The molecule has 0 radical (unpaired) electrons. The number of hydrogen-bond donors (Lipinski definition) is 1. The zero-order chi connectivity index (χ0) is 18.9. The molecule has 0 heterocycles. The van der Waals surface area contributed by atoms with Gasteiger partial charge in [-0.1, -0.05) is 36.4 Å². The molecule has 0 spiro atoms. The summed E-state index contributed by atoms with van der Waals surface area (Å²) in [6.45, 7) is 1.60. The Morgan fingerprint density at radius 1 is 1.31 bits per heavy atom. The molecule has 0 aliphatic heterocycles. The van der Waals surface area contributed by atoms with Crippen molar-refractivity contribution in [1.82, 2.24) is 5.43 Å². The van der Waals surface area contributed by atoms with Crippen molar-refractivity contribution in [2.45, 2.75) is 6.92 Å². The molecule has 0 aliphatic carbocycles.